The summed E-state index contributed by atoms with van der Waals surface area (Å²) in [5.74, 6) is 0.348. The number of nitrogens with one attached hydrogen (secondary N) is 1. The van der Waals surface area contributed by atoms with Gasteiger partial charge in [0, 0.05) is 15.7 Å². The van der Waals surface area contributed by atoms with Crippen LogP contribution in [0.4, 0.5) is 11.4 Å². The quantitative estimate of drug-likeness (QED) is 0.843. The summed E-state index contributed by atoms with van der Waals surface area (Å²) in [4.78, 5) is 12.2. The van der Waals surface area contributed by atoms with Gasteiger partial charge in [0.1, 0.15) is 5.75 Å². The number of nitrogens with two attached hydrogens (primary N) is 1. The smallest absolute Gasteiger partial charge is 0.255 e. The first-order chi connectivity index (χ1) is 9.52. The maximum atomic E-state index is 12.2. The Morgan fingerprint density at radius 2 is 2.05 bits per heavy atom. The lowest BCUT2D eigenvalue weighted by atomic mass is 10.1. The van der Waals surface area contributed by atoms with Gasteiger partial charge in [0.15, 0.2) is 0 Å². The molecule has 0 spiro atoms. The van der Waals surface area contributed by atoms with E-state index < -0.39 is 0 Å². The topological polar surface area (TPSA) is 64.3 Å². The number of hydrogen-bond acceptors (Lipinski definition) is 3. The van der Waals surface area contributed by atoms with Crippen LogP contribution in [0.2, 0.25) is 0 Å². The van der Waals surface area contributed by atoms with Crippen LogP contribution in [0, 0.1) is 6.92 Å². The van der Waals surface area contributed by atoms with Gasteiger partial charge in [-0.25, -0.2) is 0 Å². The highest BCUT2D eigenvalue weighted by Gasteiger charge is 2.10. The lowest BCUT2D eigenvalue weighted by Crippen LogP contribution is -2.13. The Labute approximate surface area is 126 Å². The molecule has 20 heavy (non-hydrogen) atoms. The summed E-state index contributed by atoms with van der Waals surface area (Å²) in [5, 5.41) is 2.87. The van der Waals surface area contributed by atoms with Gasteiger partial charge in [-0.15, -0.1) is 0 Å². The number of benzene rings is 2. The lowest BCUT2D eigenvalue weighted by molar-refractivity contribution is 0.102. The molecule has 0 aliphatic heterocycles. The minimum absolute atomic E-state index is 0.208. The molecule has 0 fully saturated rings. The number of methoxy groups -OCH3 is 1. The van der Waals surface area contributed by atoms with E-state index in [2.05, 4.69) is 21.2 Å². The fourth-order valence-electron chi connectivity index (χ4n) is 1.81. The second kappa shape index (κ2) is 5.96. The Hall–Kier alpha value is -2.01. The Morgan fingerprint density at radius 3 is 2.70 bits per heavy atom. The van der Waals surface area contributed by atoms with Gasteiger partial charge in [0.25, 0.3) is 5.91 Å². The van der Waals surface area contributed by atoms with Crippen molar-refractivity contribution in [2.24, 2.45) is 0 Å². The molecule has 4 nitrogen and oxygen atoms in total. The first-order valence-corrected chi connectivity index (χ1v) is 6.82. The molecule has 1 amide bonds. The largest absolute Gasteiger partial charge is 0.495 e. The zero-order chi connectivity index (χ0) is 14.7. The third-order valence-electron chi connectivity index (χ3n) is 3.01. The van der Waals surface area contributed by atoms with Crippen molar-refractivity contribution in [3.8, 4) is 5.75 Å². The van der Waals surface area contributed by atoms with Crippen LogP contribution in [0.15, 0.2) is 40.9 Å². The molecule has 0 heterocycles. The number of halogens is 1. The molecule has 5 heteroatoms. The highest BCUT2D eigenvalue weighted by atomic mass is 79.9. The third-order valence-corrected chi connectivity index (χ3v) is 3.87. The van der Waals surface area contributed by atoms with Crippen LogP contribution in [-0.4, -0.2) is 13.0 Å². The van der Waals surface area contributed by atoms with Crippen LogP contribution in [0.5, 0.6) is 5.75 Å². The van der Waals surface area contributed by atoms with E-state index in [0.717, 1.165) is 15.7 Å². The van der Waals surface area contributed by atoms with Crippen LogP contribution in [-0.2, 0) is 0 Å². The molecule has 2 rings (SSSR count). The van der Waals surface area contributed by atoms with E-state index in [0.29, 0.717) is 17.0 Å². The first kappa shape index (κ1) is 14.4. The van der Waals surface area contributed by atoms with Gasteiger partial charge in [-0.1, -0.05) is 22.0 Å². The van der Waals surface area contributed by atoms with Crippen molar-refractivity contribution in [2.45, 2.75) is 6.92 Å². The molecule has 0 bridgehead atoms. The highest BCUT2D eigenvalue weighted by Crippen LogP contribution is 2.25. The van der Waals surface area contributed by atoms with Crippen molar-refractivity contribution in [3.05, 3.63) is 52.0 Å². The maximum Gasteiger partial charge on any atom is 0.255 e. The molecule has 0 aromatic heterocycles. The molecule has 0 saturated carbocycles. The van der Waals surface area contributed by atoms with Crippen molar-refractivity contribution in [3.63, 3.8) is 0 Å². The van der Waals surface area contributed by atoms with E-state index in [9.17, 15) is 4.79 Å². The molecule has 0 aliphatic rings. The molecule has 0 unspecified atom stereocenters. The number of carbonyl (C=O) groups is 1. The summed E-state index contributed by atoms with van der Waals surface area (Å²) in [6.45, 7) is 1.93. The van der Waals surface area contributed by atoms with Crippen molar-refractivity contribution < 1.29 is 9.53 Å². The molecule has 104 valence electrons. The Balaban J connectivity index is 2.24. The van der Waals surface area contributed by atoms with Crippen molar-refractivity contribution in [1.29, 1.82) is 0 Å². The number of hydrogen-bond donors (Lipinski definition) is 2. The van der Waals surface area contributed by atoms with Gasteiger partial charge in [0.05, 0.1) is 12.8 Å². The summed E-state index contributed by atoms with van der Waals surface area (Å²) in [6.07, 6.45) is 0. The zero-order valence-corrected chi connectivity index (χ0v) is 12.8. The molecular formula is C15H15BrN2O2. The minimum Gasteiger partial charge on any atom is -0.495 e. The number of anilines is 2. The average molecular weight is 335 g/mol. The fraction of sp³-hybridized carbons (Fsp3) is 0.133. The van der Waals surface area contributed by atoms with Crippen LogP contribution < -0.4 is 15.8 Å². The third kappa shape index (κ3) is 2.93. The lowest BCUT2D eigenvalue weighted by Gasteiger charge is -2.11. The molecular weight excluding hydrogens is 320 g/mol. The van der Waals surface area contributed by atoms with Gasteiger partial charge in [-0.2, -0.15) is 0 Å². The predicted octanol–water partition coefficient (Wildman–Crippen LogP) is 3.60. The minimum atomic E-state index is -0.208. The molecule has 0 aliphatic carbocycles. The van der Waals surface area contributed by atoms with Crippen LogP contribution in [0.25, 0.3) is 0 Å². The van der Waals surface area contributed by atoms with Gasteiger partial charge in [-0.05, 0) is 42.8 Å². The molecule has 3 N–H and O–H groups in total. The number of nitrogen functional groups attached to an aromatic ring is 1. The number of rotatable bonds is 3. The molecule has 0 atom stereocenters. The monoisotopic (exact) mass is 334 g/mol. The van der Waals surface area contributed by atoms with E-state index in [1.165, 1.54) is 7.11 Å². The Morgan fingerprint density at radius 1 is 1.30 bits per heavy atom. The molecule has 2 aromatic carbocycles. The van der Waals surface area contributed by atoms with Crippen LogP contribution in [0.3, 0.4) is 0 Å². The summed E-state index contributed by atoms with van der Waals surface area (Å²) < 4.78 is 6.02. The summed E-state index contributed by atoms with van der Waals surface area (Å²) in [6, 6.07) is 10.6. The van der Waals surface area contributed by atoms with Crippen molar-refractivity contribution in [2.75, 3.05) is 18.2 Å². The summed E-state index contributed by atoms with van der Waals surface area (Å²) in [5.41, 5.74) is 8.47. The normalized spacial score (nSPS) is 10.2. The number of carbonyl (C=O) groups excluding carboxylic acids is 1. The van der Waals surface area contributed by atoms with Gasteiger partial charge in [0.2, 0.25) is 0 Å². The standard InChI is InChI=1S/C15H15BrN2O2/c1-9-11(16)4-3-5-13(9)18-15(19)10-6-7-14(20-2)12(17)8-10/h3-8H,17H2,1-2H3,(H,18,19). The van der Waals surface area contributed by atoms with E-state index in [4.69, 9.17) is 10.5 Å². The first-order valence-electron chi connectivity index (χ1n) is 6.03. The van der Waals surface area contributed by atoms with Crippen molar-refractivity contribution in [1.82, 2.24) is 0 Å². The van der Waals surface area contributed by atoms with Gasteiger partial charge in [-0.3, -0.25) is 4.79 Å². The average Bonchev–Trinajstić information content (AvgIpc) is 2.43. The predicted molar refractivity (Wildman–Crippen MR) is 84.2 cm³/mol. The summed E-state index contributed by atoms with van der Waals surface area (Å²) >= 11 is 3.43. The maximum absolute atomic E-state index is 12.2. The van der Waals surface area contributed by atoms with Gasteiger partial charge < -0.3 is 15.8 Å². The molecule has 2 aromatic rings. The van der Waals surface area contributed by atoms with Crippen LogP contribution >= 0.6 is 15.9 Å². The SMILES string of the molecule is COc1ccc(C(=O)Nc2cccc(Br)c2C)cc1N. The summed E-state index contributed by atoms with van der Waals surface area (Å²) in [7, 11) is 1.54. The molecule has 0 radical (unpaired) electrons. The second-order valence-electron chi connectivity index (χ2n) is 4.32. The fourth-order valence-corrected chi connectivity index (χ4v) is 2.18. The zero-order valence-electron chi connectivity index (χ0n) is 11.2. The number of ether oxygens (including phenoxy) is 1. The Bertz CT molecular complexity index is 656. The second-order valence-corrected chi connectivity index (χ2v) is 5.18. The Kier molecular flexibility index (Phi) is 4.29. The van der Waals surface area contributed by atoms with Gasteiger partial charge >= 0.3 is 0 Å². The van der Waals surface area contributed by atoms with E-state index in [-0.39, 0.29) is 5.91 Å². The van der Waals surface area contributed by atoms with Crippen LogP contribution in [0.1, 0.15) is 15.9 Å². The van der Waals surface area contributed by atoms with E-state index in [1.54, 1.807) is 18.2 Å². The van der Waals surface area contributed by atoms with E-state index >= 15 is 0 Å². The number of amides is 1. The van der Waals surface area contributed by atoms with E-state index in [1.807, 2.05) is 25.1 Å². The molecule has 0 saturated heterocycles. The van der Waals surface area contributed by atoms with Crippen molar-refractivity contribution >= 4 is 33.2 Å². The highest BCUT2D eigenvalue weighted by molar-refractivity contribution is 9.10.